The summed E-state index contributed by atoms with van der Waals surface area (Å²) >= 11 is 1.01. The number of hydrogen-bond acceptors (Lipinski definition) is 9. The van der Waals surface area contributed by atoms with Crippen LogP contribution in [0.4, 0.5) is 0 Å². The van der Waals surface area contributed by atoms with E-state index in [1.165, 1.54) is 14.2 Å². The molecule has 0 saturated heterocycles. The highest BCUT2D eigenvalue weighted by molar-refractivity contribution is 7.00. The van der Waals surface area contributed by atoms with Crippen molar-refractivity contribution in [2.24, 2.45) is 0 Å². The van der Waals surface area contributed by atoms with E-state index in [1.54, 1.807) is 66.7 Å². The molecule has 0 unspecified atom stereocenters. The third-order valence-electron chi connectivity index (χ3n) is 5.58. The standard InChI is InChI=1S/C27H22N2O7S/c1-34-19-10-8-17(23(14-19)36-15-24(30)35-2)12-20(26(31)16-6-4-3-5-7-16)25(27(32)33)18-9-11-21-22(13-18)29-37-28-21/h3-11,13-14H,12,15H2,1-2H3,(H,32,33). The van der Waals surface area contributed by atoms with Gasteiger partial charge < -0.3 is 19.3 Å². The van der Waals surface area contributed by atoms with Crippen LogP contribution in [-0.4, -0.2) is 52.4 Å². The number of allylic oxidation sites excluding steroid dienone is 1. The fraction of sp³-hybridized carbons (Fsp3) is 0.148. The summed E-state index contributed by atoms with van der Waals surface area (Å²) in [4.78, 5) is 38.1. The number of fused-ring (bicyclic) bond motifs is 1. The van der Waals surface area contributed by atoms with E-state index in [9.17, 15) is 19.5 Å². The summed E-state index contributed by atoms with van der Waals surface area (Å²) in [7, 11) is 2.72. The van der Waals surface area contributed by atoms with E-state index in [0.29, 0.717) is 33.5 Å². The van der Waals surface area contributed by atoms with Gasteiger partial charge in [-0.05, 0) is 29.3 Å². The smallest absolute Gasteiger partial charge is 0.343 e. The van der Waals surface area contributed by atoms with Gasteiger partial charge in [-0.25, -0.2) is 9.59 Å². The van der Waals surface area contributed by atoms with E-state index in [-0.39, 0.29) is 29.9 Å². The molecule has 1 heterocycles. The number of nitrogens with zero attached hydrogens (tertiary/aromatic N) is 2. The van der Waals surface area contributed by atoms with Crippen LogP contribution in [-0.2, 0) is 20.7 Å². The average Bonchev–Trinajstić information content (AvgIpc) is 3.39. The van der Waals surface area contributed by atoms with Crippen LogP contribution in [0.25, 0.3) is 16.6 Å². The van der Waals surface area contributed by atoms with Crippen molar-refractivity contribution in [2.75, 3.05) is 20.8 Å². The molecule has 188 valence electrons. The second-order valence-electron chi connectivity index (χ2n) is 7.84. The van der Waals surface area contributed by atoms with Gasteiger partial charge in [-0.1, -0.05) is 42.5 Å². The predicted octanol–water partition coefficient (Wildman–Crippen LogP) is 4.22. The molecule has 4 rings (SSSR count). The quantitative estimate of drug-likeness (QED) is 0.187. The van der Waals surface area contributed by atoms with E-state index in [4.69, 9.17) is 9.47 Å². The molecular weight excluding hydrogens is 496 g/mol. The third-order valence-corrected chi connectivity index (χ3v) is 6.14. The number of esters is 1. The van der Waals surface area contributed by atoms with Crippen molar-refractivity contribution in [3.63, 3.8) is 0 Å². The van der Waals surface area contributed by atoms with Crippen molar-refractivity contribution < 1.29 is 33.7 Å². The minimum Gasteiger partial charge on any atom is -0.497 e. The van der Waals surface area contributed by atoms with Gasteiger partial charge in [-0.2, -0.15) is 8.75 Å². The average molecular weight is 519 g/mol. The van der Waals surface area contributed by atoms with Gasteiger partial charge in [-0.3, -0.25) is 4.79 Å². The zero-order valence-electron chi connectivity index (χ0n) is 20.0. The molecule has 0 aliphatic heterocycles. The van der Waals surface area contributed by atoms with Crippen LogP contribution in [0.5, 0.6) is 11.5 Å². The van der Waals surface area contributed by atoms with E-state index < -0.39 is 17.7 Å². The van der Waals surface area contributed by atoms with E-state index in [1.807, 2.05) is 0 Å². The van der Waals surface area contributed by atoms with Crippen LogP contribution < -0.4 is 9.47 Å². The van der Waals surface area contributed by atoms with Crippen molar-refractivity contribution in [1.29, 1.82) is 0 Å². The number of ether oxygens (including phenoxy) is 3. The molecule has 0 atom stereocenters. The molecule has 0 radical (unpaired) electrons. The second kappa shape index (κ2) is 11.4. The predicted molar refractivity (Wildman–Crippen MR) is 137 cm³/mol. The van der Waals surface area contributed by atoms with Crippen LogP contribution in [0.3, 0.4) is 0 Å². The van der Waals surface area contributed by atoms with Crippen molar-refractivity contribution in [1.82, 2.24) is 8.75 Å². The van der Waals surface area contributed by atoms with Crippen LogP contribution in [0, 0.1) is 0 Å². The van der Waals surface area contributed by atoms with Gasteiger partial charge >= 0.3 is 11.9 Å². The Bertz CT molecular complexity index is 1500. The molecule has 9 nitrogen and oxygen atoms in total. The molecule has 0 spiro atoms. The molecule has 0 saturated carbocycles. The summed E-state index contributed by atoms with van der Waals surface area (Å²) in [6.45, 7) is -0.373. The van der Waals surface area contributed by atoms with Gasteiger partial charge in [0.2, 0.25) is 0 Å². The molecule has 1 aromatic heterocycles. The number of hydrogen-bond donors (Lipinski definition) is 1. The topological polar surface area (TPSA) is 125 Å². The SMILES string of the molecule is COC(=O)COc1cc(OC)ccc1CC(C(=O)c1ccccc1)=C(C(=O)O)c1ccc2nsnc2c1. The van der Waals surface area contributed by atoms with Gasteiger partial charge in [-0.15, -0.1) is 0 Å². The lowest BCUT2D eigenvalue weighted by molar-refractivity contribution is -0.143. The lowest BCUT2D eigenvalue weighted by atomic mass is 9.89. The lowest BCUT2D eigenvalue weighted by Crippen LogP contribution is -2.16. The first-order valence-corrected chi connectivity index (χ1v) is 11.8. The minimum atomic E-state index is -1.27. The van der Waals surface area contributed by atoms with Crippen LogP contribution in [0.2, 0.25) is 0 Å². The summed E-state index contributed by atoms with van der Waals surface area (Å²) < 4.78 is 24.0. The first-order valence-electron chi connectivity index (χ1n) is 11.1. The van der Waals surface area contributed by atoms with Gasteiger partial charge in [0, 0.05) is 23.6 Å². The minimum absolute atomic E-state index is 0.0364. The number of carbonyl (C=O) groups excluding carboxylic acids is 2. The molecule has 4 aromatic rings. The largest absolute Gasteiger partial charge is 0.497 e. The molecule has 0 bridgehead atoms. The normalized spacial score (nSPS) is 11.5. The summed E-state index contributed by atoms with van der Waals surface area (Å²) in [5.74, 6) is -1.60. The molecular formula is C27H22N2O7S. The Hall–Kier alpha value is -4.57. The Labute approximate surface area is 216 Å². The number of carboxylic acids is 1. The Kier molecular flexibility index (Phi) is 7.89. The van der Waals surface area contributed by atoms with Gasteiger partial charge in [0.25, 0.3) is 0 Å². The van der Waals surface area contributed by atoms with Gasteiger partial charge in [0.15, 0.2) is 12.4 Å². The molecule has 0 fully saturated rings. The number of carboxylic acid groups (broad SMARTS) is 1. The zero-order chi connectivity index (χ0) is 26.4. The van der Waals surface area contributed by atoms with E-state index in [2.05, 4.69) is 13.5 Å². The molecule has 1 N–H and O–H groups in total. The lowest BCUT2D eigenvalue weighted by Gasteiger charge is -2.16. The highest BCUT2D eigenvalue weighted by atomic mass is 32.1. The zero-order valence-corrected chi connectivity index (χ0v) is 20.8. The van der Waals surface area contributed by atoms with Gasteiger partial charge in [0.05, 0.1) is 31.5 Å². The maximum absolute atomic E-state index is 13.7. The fourth-order valence-electron chi connectivity index (χ4n) is 3.74. The molecule has 3 aromatic carbocycles. The highest BCUT2D eigenvalue weighted by Gasteiger charge is 2.25. The summed E-state index contributed by atoms with van der Waals surface area (Å²) in [6.07, 6.45) is -0.0940. The number of ketones is 1. The maximum atomic E-state index is 13.7. The Morgan fingerprint density at radius 3 is 2.35 bits per heavy atom. The van der Waals surface area contributed by atoms with Crippen LogP contribution in [0.15, 0.2) is 72.3 Å². The van der Waals surface area contributed by atoms with Crippen molar-refractivity contribution in [2.45, 2.75) is 6.42 Å². The van der Waals surface area contributed by atoms with Crippen LogP contribution >= 0.6 is 11.7 Å². The maximum Gasteiger partial charge on any atom is 0.343 e. The number of carbonyl (C=O) groups is 3. The van der Waals surface area contributed by atoms with Crippen molar-refractivity contribution in [3.05, 3.63) is 89.0 Å². The van der Waals surface area contributed by atoms with E-state index in [0.717, 1.165) is 11.7 Å². The highest BCUT2D eigenvalue weighted by Crippen LogP contribution is 2.32. The van der Waals surface area contributed by atoms with Gasteiger partial charge in [0.1, 0.15) is 22.5 Å². The fourth-order valence-corrected chi connectivity index (χ4v) is 4.26. The first kappa shape index (κ1) is 25.5. The molecule has 37 heavy (non-hydrogen) atoms. The first-order chi connectivity index (χ1) is 17.9. The summed E-state index contributed by atoms with van der Waals surface area (Å²) in [6, 6.07) is 18.2. The molecule has 0 aliphatic carbocycles. The third kappa shape index (κ3) is 5.81. The summed E-state index contributed by atoms with van der Waals surface area (Å²) in [5.41, 5.74) is 2.16. The number of aliphatic carboxylic acids is 1. The number of methoxy groups -OCH3 is 2. The van der Waals surface area contributed by atoms with Crippen LogP contribution in [0.1, 0.15) is 21.5 Å². The number of benzene rings is 3. The molecule has 0 amide bonds. The van der Waals surface area contributed by atoms with Crippen molar-refractivity contribution in [3.8, 4) is 11.5 Å². The molecule has 0 aliphatic rings. The van der Waals surface area contributed by atoms with Crippen molar-refractivity contribution >= 4 is 46.1 Å². The second-order valence-corrected chi connectivity index (χ2v) is 8.37. The Morgan fingerprint density at radius 1 is 0.892 bits per heavy atom. The molecule has 10 heteroatoms. The summed E-state index contributed by atoms with van der Waals surface area (Å²) in [5, 5.41) is 10.3. The number of aromatic nitrogens is 2. The number of Topliss-reactive ketones (excluding diaryl/α,β-unsaturated/α-hetero) is 1. The Morgan fingerprint density at radius 2 is 1.65 bits per heavy atom. The van der Waals surface area contributed by atoms with E-state index >= 15 is 0 Å². The Balaban J connectivity index is 1.88. The monoisotopic (exact) mass is 518 g/mol. The number of rotatable bonds is 10.